The number of morpholine rings is 1. The number of amides is 1. The lowest BCUT2D eigenvalue weighted by Gasteiger charge is -2.35. The summed E-state index contributed by atoms with van der Waals surface area (Å²) in [5, 5.41) is 2.82. The molecule has 3 aromatic rings. The lowest BCUT2D eigenvalue weighted by atomic mass is 10.1. The summed E-state index contributed by atoms with van der Waals surface area (Å²) in [5.74, 6) is 0.998. The van der Waals surface area contributed by atoms with Crippen molar-refractivity contribution >= 4 is 17.5 Å². The number of aromatic nitrogens is 4. The second kappa shape index (κ2) is 7.80. The first-order valence-electron chi connectivity index (χ1n) is 9.86. The molecular weight excluding hydrogens is 400 g/mol. The second-order valence-electron chi connectivity index (χ2n) is 7.33. The monoisotopic (exact) mass is 420 g/mol. The predicted molar refractivity (Wildman–Crippen MR) is 112 cm³/mol. The first-order valence-corrected chi connectivity index (χ1v) is 9.86. The quantitative estimate of drug-likeness (QED) is 0.672. The van der Waals surface area contributed by atoms with Crippen molar-refractivity contribution in [3.05, 3.63) is 58.8 Å². The maximum Gasteiger partial charge on any atom is 0.262 e. The van der Waals surface area contributed by atoms with Crippen LogP contribution in [0.25, 0.3) is 11.4 Å². The van der Waals surface area contributed by atoms with Crippen molar-refractivity contribution in [1.82, 2.24) is 19.5 Å². The summed E-state index contributed by atoms with van der Waals surface area (Å²) in [6.45, 7) is 1.58. The van der Waals surface area contributed by atoms with E-state index >= 15 is 0 Å². The Morgan fingerprint density at radius 2 is 2.06 bits per heavy atom. The number of rotatable bonds is 3. The van der Waals surface area contributed by atoms with Gasteiger partial charge >= 0.3 is 0 Å². The van der Waals surface area contributed by atoms with Crippen LogP contribution in [0.3, 0.4) is 0 Å². The largest absolute Gasteiger partial charge is 0.482 e. The van der Waals surface area contributed by atoms with Crippen molar-refractivity contribution in [2.24, 2.45) is 7.05 Å². The van der Waals surface area contributed by atoms with Crippen LogP contribution in [0.15, 0.2) is 47.7 Å². The van der Waals surface area contributed by atoms with E-state index in [9.17, 15) is 9.59 Å². The van der Waals surface area contributed by atoms with Gasteiger partial charge in [-0.25, -0.2) is 15.0 Å². The van der Waals surface area contributed by atoms with Crippen molar-refractivity contribution in [3.63, 3.8) is 0 Å². The number of ether oxygens (including phenoxy) is 2. The van der Waals surface area contributed by atoms with Crippen molar-refractivity contribution in [1.29, 1.82) is 0 Å². The van der Waals surface area contributed by atoms with Gasteiger partial charge in [0.1, 0.15) is 18.2 Å². The van der Waals surface area contributed by atoms with Gasteiger partial charge in [-0.1, -0.05) is 6.07 Å². The van der Waals surface area contributed by atoms with Gasteiger partial charge in [0.25, 0.3) is 11.5 Å². The first-order chi connectivity index (χ1) is 15.1. The molecule has 5 rings (SSSR count). The smallest absolute Gasteiger partial charge is 0.262 e. The number of carbonyl (C=O) groups excluding carboxylic acids is 1. The molecule has 0 radical (unpaired) electrons. The number of hydrogen-bond acceptors (Lipinski definition) is 8. The zero-order valence-electron chi connectivity index (χ0n) is 16.8. The van der Waals surface area contributed by atoms with Crippen LogP contribution in [-0.2, 0) is 16.6 Å². The standard InChI is InChI=1S/C21H20N6O4/c1-26-20(29)9-15(14-4-5-22-12-23-14)25-21(26)27-6-7-30-18(10-27)13-2-3-17-16(8-13)24-19(28)11-31-17/h2-5,8-9,12,18H,6-7,10-11H2,1H3,(H,24,28). The molecular formula is C21H20N6O4. The summed E-state index contributed by atoms with van der Waals surface area (Å²) in [7, 11) is 1.70. The van der Waals surface area contributed by atoms with Gasteiger partial charge in [0.05, 0.1) is 30.2 Å². The molecule has 10 nitrogen and oxygen atoms in total. The molecule has 1 saturated heterocycles. The van der Waals surface area contributed by atoms with Gasteiger partial charge in [-0.15, -0.1) is 0 Å². The van der Waals surface area contributed by atoms with Gasteiger partial charge in [0.2, 0.25) is 5.95 Å². The van der Waals surface area contributed by atoms with Crippen LogP contribution in [0.4, 0.5) is 11.6 Å². The third kappa shape index (κ3) is 3.73. The Morgan fingerprint density at radius 1 is 1.16 bits per heavy atom. The first kappa shape index (κ1) is 19.2. The normalized spacial score (nSPS) is 18.2. The van der Waals surface area contributed by atoms with E-state index in [1.54, 1.807) is 19.3 Å². The summed E-state index contributed by atoms with van der Waals surface area (Å²) in [4.78, 5) is 39.1. The van der Waals surface area contributed by atoms with E-state index in [4.69, 9.17) is 14.5 Å². The van der Waals surface area contributed by atoms with Crippen LogP contribution in [0, 0.1) is 0 Å². The summed E-state index contributed by atoms with van der Waals surface area (Å²) < 4.78 is 12.9. The van der Waals surface area contributed by atoms with Crippen LogP contribution in [-0.4, -0.2) is 51.7 Å². The average molecular weight is 420 g/mol. The molecule has 0 bridgehead atoms. The van der Waals surface area contributed by atoms with Gasteiger partial charge in [-0.3, -0.25) is 14.2 Å². The zero-order chi connectivity index (χ0) is 21.4. The topological polar surface area (TPSA) is 111 Å². The Kier molecular flexibility index (Phi) is 4.83. The van der Waals surface area contributed by atoms with Gasteiger partial charge in [-0.2, -0.15) is 0 Å². The lowest BCUT2D eigenvalue weighted by Crippen LogP contribution is -2.41. The molecule has 31 heavy (non-hydrogen) atoms. The molecule has 1 N–H and O–H groups in total. The molecule has 1 amide bonds. The number of carbonyl (C=O) groups is 1. The fourth-order valence-electron chi connectivity index (χ4n) is 3.72. The molecule has 1 aromatic carbocycles. The number of nitrogens with zero attached hydrogens (tertiary/aromatic N) is 5. The summed E-state index contributed by atoms with van der Waals surface area (Å²) >= 11 is 0. The van der Waals surface area contributed by atoms with Crippen LogP contribution < -0.4 is 20.5 Å². The van der Waals surface area contributed by atoms with Crippen LogP contribution >= 0.6 is 0 Å². The van der Waals surface area contributed by atoms with Gasteiger partial charge in [-0.05, 0) is 23.8 Å². The number of fused-ring (bicyclic) bond motifs is 1. The fraction of sp³-hybridized carbons (Fsp3) is 0.286. The van der Waals surface area contributed by atoms with Gasteiger partial charge < -0.3 is 19.7 Å². The maximum atomic E-state index is 12.6. The second-order valence-corrected chi connectivity index (χ2v) is 7.33. The van der Waals surface area contributed by atoms with E-state index in [0.717, 1.165) is 5.56 Å². The highest BCUT2D eigenvalue weighted by molar-refractivity contribution is 5.95. The minimum Gasteiger partial charge on any atom is -0.482 e. The van der Waals surface area contributed by atoms with Gasteiger partial charge in [0.15, 0.2) is 6.61 Å². The molecule has 0 spiro atoms. The van der Waals surface area contributed by atoms with E-state index in [2.05, 4.69) is 15.3 Å². The molecule has 0 saturated carbocycles. The third-order valence-corrected chi connectivity index (χ3v) is 5.31. The summed E-state index contributed by atoms with van der Waals surface area (Å²) in [6, 6.07) is 8.81. The maximum absolute atomic E-state index is 12.6. The van der Waals surface area contributed by atoms with Crippen LogP contribution in [0.1, 0.15) is 11.7 Å². The Labute approximate surface area is 177 Å². The number of anilines is 2. The highest BCUT2D eigenvalue weighted by Gasteiger charge is 2.27. The van der Waals surface area contributed by atoms with E-state index in [1.807, 2.05) is 23.1 Å². The Balaban J connectivity index is 1.45. The molecule has 0 aliphatic carbocycles. The zero-order valence-corrected chi connectivity index (χ0v) is 16.8. The molecule has 1 unspecified atom stereocenters. The molecule has 2 aliphatic rings. The Morgan fingerprint density at radius 3 is 2.90 bits per heavy atom. The van der Waals surface area contributed by atoms with E-state index < -0.39 is 0 Å². The van der Waals surface area contributed by atoms with Crippen LogP contribution in [0.5, 0.6) is 5.75 Å². The molecule has 4 heterocycles. The van der Waals surface area contributed by atoms with Crippen molar-refractivity contribution < 1.29 is 14.3 Å². The highest BCUT2D eigenvalue weighted by atomic mass is 16.5. The molecule has 158 valence electrons. The summed E-state index contributed by atoms with van der Waals surface area (Å²) in [6.07, 6.45) is 2.79. The number of nitrogens with one attached hydrogen (secondary N) is 1. The number of benzene rings is 1. The minimum atomic E-state index is -0.252. The SMILES string of the molecule is Cn1c(N2CCOC(c3ccc4c(c3)NC(=O)CO4)C2)nc(-c2ccncn2)cc1=O. The predicted octanol–water partition coefficient (Wildman–Crippen LogP) is 1.15. The minimum absolute atomic E-state index is 0.0163. The highest BCUT2D eigenvalue weighted by Crippen LogP contribution is 2.33. The Hall–Kier alpha value is -3.79. The third-order valence-electron chi connectivity index (χ3n) is 5.31. The summed E-state index contributed by atoms with van der Waals surface area (Å²) in [5.41, 5.74) is 2.45. The molecule has 10 heteroatoms. The van der Waals surface area contributed by atoms with Gasteiger partial charge in [0, 0.05) is 25.9 Å². The molecule has 1 fully saturated rings. The fourth-order valence-corrected chi connectivity index (χ4v) is 3.72. The van der Waals surface area contributed by atoms with E-state index in [1.165, 1.54) is 17.0 Å². The number of hydrogen-bond donors (Lipinski definition) is 1. The Bertz CT molecular complexity index is 1200. The van der Waals surface area contributed by atoms with Crippen molar-refractivity contribution in [2.75, 3.05) is 36.5 Å². The van der Waals surface area contributed by atoms with Crippen molar-refractivity contribution in [2.45, 2.75) is 6.10 Å². The molecule has 2 aliphatic heterocycles. The van der Waals surface area contributed by atoms with E-state index in [0.29, 0.717) is 48.5 Å². The lowest BCUT2D eigenvalue weighted by molar-refractivity contribution is -0.118. The van der Waals surface area contributed by atoms with Crippen LogP contribution in [0.2, 0.25) is 0 Å². The van der Waals surface area contributed by atoms with E-state index in [-0.39, 0.29) is 24.2 Å². The van der Waals surface area contributed by atoms with Crippen molar-refractivity contribution in [3.8, 4) is 17.1 Å². The molecule has 1 atom stereocenters. The average Bonchev–Trinajstić information content (AvgIpc) is 2.81. The molecule has 2 aromatic heterocycles.